The number of rotatable bonds is 8. The summed E-state index contributed by atoms with van der Waals surface area (Å²) in [4.78, 5) is 33.4. The normalized spacial score (nSPS) is 17.4. The number of ketones is 1. The lowest BCUT2D eigenvalue weighted by atomic mass is 9.96. The van der Waals surface area contributed by atoms with Gasteiger partial charge in [0, 0.05) is 31.0 Å². The minimum Gasteiger partial charge on any atom is -0.507 e. The molecule has 174 valence electrons. The molecule has 0 saturated carbocycles. The van der Waals surface area contributed by atoms with Gasteiger partial charge in [-0.25, -0.2) is 0 Å². The number of aliphatic hydroxyl groups is 1. The van der Waals surface area contributed by atoms with Crippen molar-refractivity contribution in [3.8, 4) is 5.75 Å². The van der Waals surface area contributed by atoms with Gasteiger partial charge >= 0.3 is 0 Å². The smallest absolute Gasteiger partial charge is 0.295 e. The zero-order valence-corrected chi connectivity index (χ0v) is 19.2. The molecule has 1 N–H and O–H groups in total. The molecule has 3 aromatic rings. The van der Waals surface area contributed by atoms with E-state index in [1.807, 2.05) is 49.3 Å². The van der Waals surface area contributed by atoms with Crippen LogP contribution in [-0.2, 0) is 16.2 Å². The first-order valence-corrected chi connectivity index (χ1v) is 11.1. The van der Waals surface area contributed by atoms with Crippen molar-refractivity contribution in [1.82, 2.24) is 14.8 Å². The maximum Gasteiger partial charge on any atom is 0.295 e. The fraction of sp³-hybridized carbons (Fsp3) is 0.222. The highest BCUT2D eigenvalue weighted by molar-refractivity contribution is 6.46. The molecule has 0 bridgehead atoms. The van der Waals surface area contributed by atoms with E-state index in [2.05, 4.69) is 4.98 Å². The Morgan fingerprint density at radius 3 is 2.32 bits per heavy atom. The van der Waals surface area contributed by atoms with E-state index in [4.69, 9.17) is 4.74 Å². The van der Waals surface area contributed by atoms with Crippen LogP contribution in [0.4, 0.5) is 0 Å². The number of Topliss-reactive ketones (excluding diaryl/α,β-unsaturated/α-hetero) is 1. The number of hydrogen-bond acceptors (Lipinski definition) is 6. The van der Waals surface area contributed by atoms with E-state index < -0.39 is 17.7 Å². The van der Waals surface area contributed by atoms with Crippen molar-refractivity contribution in [3.05, 3.63) is 101 Å². The first kappa shape index (κ1) is 23.2. The molecule has 2 aromatic carbocycles. The van der Waals surface area contributed by atoms with E-state index in [1.54, 1.807) is 48.8 Å². The average molecular weight is 458 g/mol. The third-order valence-electron chi connectivity index (χ3n) is 5.73. The highest BCUT2D eigenvalue weighted by Crippen LogP contribution is 2.39. The number of amides is 1. The lowest BCUT2D eigenvalue weighted by molar-refractivity contribution is -0.140. The molecule has 0 spiro atoms. The van der Waals surface area contributed by atoms with Gasteiger partial charge in [0.2, 0.25) is 0 Å². The van der Waals surface area contributed by atoms with Crippen molar-refractivity contribution < 1.29 is 19.4 Å². The molecule has 2 heterocycles. The van der Waals surface area contributed by atoms with Crippen molar-refractivity contribution in [3.63, 3.8) is 0 Å². The first-order valence-electron chi connectivity index (χ1n) is 11.1. The summed E-state index contributed by atoms with van der Waals surface area (Å²) in [6, 6.07) is 19.5. The third kappa shape index (κ3) is 5.00. The third-order valence-corrected chi connectivity index (χ3v) is 5.73. The molecule has 1 aliphatic heterocycles. The van der Waals surface area contributed by atoms with Gasteiger partial charge in [0.25, 0.3) is 11.7 Å². The predicted octanol–water partition coefficient (Wildman–Crippen LogP) is 3.64. The van der Waals surface area contributed by atoms with E-state index in [0.717, 1.165) is 11.1 Å². The van der Waals surface area contributed by atoms with Gasteiger partial charge in [-0.2, -0.15) is 0 Å². The number of aliphatic hydroxyl groups excluding tert-OH is 1. The molecule has 1 fully saturated rings. The molecule has 4 rings (SSSR count). The zero-order chi connectivity index (χ0) is 24.1. The van der Waals surface area contributed by atoms with Crippen LogP contribution in [-0.4, -0.2) is 58.8 Å². The Kier molecular flexibility index (Phi) is 7.04. The van der Waals surface area contributed by atoms with Gasteiger partial charge in [0.1, 0.15) is 18.1 Å². The van der Waals surface area contributed by atoms with Crippen molar-refractivity contribution in [1.29, 1.82) is 0 Å². The van der Waals surface area contributed by atoms with E-state index in [1.165, 1.54) is 4.90 Å². The lowest BCUT2D eigenvalue weighted by Crippen LogP contribution is -2.35. The quantitative estimate of drug-likeness (QED) is 0.316. The van der Waals surface area contributed by atoms with Crippen molar-refractivity contribution in [2.75, 3.05) is 27.2 Å². The topological polar surface area (TPSA) is 83.0 Å². The molecule has 34 heavy (non-hydrogen) atoms. The Balaban J connectivity index is 1.63. The Morgan fingerprint density at radius 2 is 1.68 bits per heavy atom. The van der Waals surface area contributed by atoms with Crippen molar-refractivity contribution in [2.45, 2.75) is 12.6 Å². The van der Waals surface area contributed by atoms with Gasteiger partial charge in [-0.3, -0.25) is 14.6 Å². The largest absolute Gasteiger partial charge is 0.507 e. The standard InChI is InChI=1S/C27H27N3O4/c1-29(2)16-17-30-24(20-12-14-28-15-13-20)23(26(32)27(30)33)25(31)21-8-10-22(11-9-21)34-18-19-6-4-3-5-7-19/h3-15,24,31H,16-18H2,1-2H3/b25-23+/t24-/m0/s1. The van der Waals surface area contributed by atoms with E-state index in [0.29, 0.717) is 31.0 Å². The number of ether oxygens (including phenoxy) is 1. The van der Waals surface area contributed by atoms with Gasteiger partial charge in [-0.15, -0.1) is 0 Å². The highest BCUT2D eigenvalue weighted by atomic mass is 16.5. The van der Waals surface area contributed by atoms with Crippen LogP contribution >= 0.6 is 0 Å². The molecule has 0 unspecified atom stereocenters. The molecule has 7 heteroatoms. The summed E-state index contributed by atoms with van der Waals surface area (Å²) < 4.78 is 5.81. The monoisotopic (exact) mass is 457 g/mol. The minimum absolute atomic E-state index is 0.0768. The minimum atomic E-state index is -0.692. The second-order valence-corrected chi connectivity index (χ2v) is 8.37. The number of likely N-dealkylation sites (tertiary alicyclic amines) is 1. The number of aromatic nitrogens is 1. The van der Waals surface area contributed by atoms with Gasteiger partial charge in [-0.05, 0) is 61.6 Å². The van der Waals surface area contributed by atoms with E-state index in [9.17, 15) is 14.7 Å². The van der Waals surface area contributed by atoms with Crippen LogP contribution in [0.25, 0.3) is 5.76 Å². The summed E-state index contributed by atoms with van der Waals surface area (Å²) in [5.74, 6) is -0.879. The van der Waals surface area contributed by atoms with Crippen molar-refractivity contribution >= 4 is 17.4 Å². The van der Waals surface area contributed by atoms with Gasteiger partial charge in [0.15, 0.2) is 0 Å². The molecule has 1 aromatic heterocycles. The average Bonchev–Trinajstić information content (AvgIpc) is 3.12. The number of pyridine rings is 1. The van der Waals surface area contributed by atoms with Crippen LogP contribution in [0.3, 0.4) is 0 Å². The SMILES string of the molecule is CN(C)CCN1C(=O)C(=O)/C(=C(/O)c2ccc(OCc3ccccc3)cc2)[C@@H]1c1ccncc1. The summed E-state index contributed by atoms with van der Waals surface area (Å²) in [6.45, 7) is 1.36. The van der Waals surface area contributed by atoms with Crippen molar-refractivity contribution in [2.24, 2.45) is 0 Å². The summed E-state index contributed by atoms with van der Waals surface area (Å²) in [6.07, 6.45) is 3.22. The molecular formula is C27H27N3O4. The molecule has 7 nitrogen and oxygen atoms in total. The Hall–Kier alpha value is -3.97. The van der Waals surface area contributed by atoms with E-state index >= 15 is 0 Å². The Morgan fingerprint density at radius 1 is 1.00 bits per heavy atom. The van der Waals surface area contributed by atoms with Gasteiger partial charge in [0.05, 0.1) is 11.6 Å². The maximum absolute atomic E-state index is 13.0. The van der Waals surface area contributed by atoms with E-state index in [-0.39, 0.29) is 11.3 Å². The number of carbonyl (C=O) groups excluding carboxylic acids is 2. The second-order valence-electron chi connectivity index (χ2n) is 8.37. The summed E-state index contributed by atoms with van der Waals surface area (Å²) >= 11 is 0. The van der Waals surface area contributed by atoms with Crippen LogP contribution in [0.15, 0.2) is 84.7 Å². The summed E-state index contributed by atoms with van der Waals surface area (Å²) in [5.41, 5.74) is 2.28. The van der Waals surface area contributed by atoms with Crippen LogP contribution < -0.4 is 4.74 Å². The molecule has 1 amide bonds. The molecular weight excluding hydrogens is 430 g/mol. The summed E-state index contributed by atoms with van der Waals surface area (Å²) in [5, 5.41) is 11.1. The summed E-state index contributed by atoms with van der Waals surface area (Å²) in [7, 11) is 3.80. The molecule has 0 aliphatic carbocycles. The highest BCUT2D eigenvalue weighted by Gasteiger charge is 2.45. The molecule has 1 aliphatic rings. The fourth-order valence-corrected chi connectivity index (χ4v) is 3.92. The zero-order valence-electron chi connectivity index (χ0n) is 19.2. The molecule has 1 saturated heterocycles. The maximum atomic E-state index is 13.0. The predicted molar refractivity (Wildman–Crippen MR) is 129 cm³/mol. The van der Waals surface area contributed by atoms with Crippen LogP contribution in [0, 0.1) is 0 Å². The van der Waals surface area contributed by atoms with Crippen LogP contribution in [0.5, 0.6) is 5.75 Å². The number of carbonyl (C=O) groups is 2. The van der Waals surface area contributed by atoms with Crippen LogP contribution in [0.1, 0.15) is 22.7 Å². The molecule has 0 radical (unpaired) electrons. The Bertz CT molecular complexity index is 1180. The van der Waals surface area contributed by atoms with Gasteiger partial charge < -0.3 is 19.6 Å². The van der Waals surface area contributed by atoms with Gasteiger partial charge in [-0.1, -0.05) is 30.3 Å². The Labute approximate surface area is 198 Å². The first-order chi connectivity index (χ1) is 16.5. The number of hydrogen-bond donors (Lipinski definition) is 1. The molecule has 1 atom stereocenters. The number of nitrogens with zero attached hydrogens (tertiary/aromatic N) is 3. The number of likely N-dealkylation sites (N-methyl/N-ethyl adjacent to an activating group) is 1. The number of benzene rings is 2. The fourth-order valence-electron chi connectivity index (χ4n) is 3.92. The lowest BCUT2D eigenvalue weighted by Gasteiger charge is -2.26. The van der Waals surface area contributed by atoms with Crippen LogP contribution in [0.2, 0.25) is 0 Å². The second kappa shape index (κ2) is 10.3.